The molecule has 6 aliphatic rings. The molecule has 2 nitrogen and oxygen atoms in total. The first-order chi connectivity index (χ1) is 12.1. The Balaban J connectivity index is 1.36. The van der Waals surface area contributed by atoms with Crippen molar-refractivity contribution in [1.82, 2.24) is 0 Å². The van der Waals surface area contributed by atoms with E-state index in [0.717, 1.165) is 29.8 Å². The minimum Gasteiger partial charge on any atom is -0.323 e. The Morgan fingerprint density at radius 2 is 1.84 bits per heavy atom. The van der Waals surface area contributed by atoms with Gasteiger partial charge in [-0.3, -0.25) is 0 Å². The Morgan fingerprint density at radius 3 is 2.60 bits per heavy atom. The minimum atomic E-state index is 0.601. The highest BCUT2D eigenvalue weighted by Gasteiger charge is 2.54. The van der Waals surface area contributed by atoms with E-state index in [0.29, 0.717) is 5.41 Å². The molecule has 2 aliphatic heterocycles. The molecule has 2 N–H and O–H groups in total. The Kier molecular flexibility index (Phi) is 4.28. The van der Waals surface area contributed by atoms with Crippen LogP contribution in [0.25, 0.3) is 0 Å². The molecule has 2 heterocycles. The van der Waals surface area contributed by atoms with Gasteiger partial charge < -0.3 is 9.80 Å². The topological polar surface area (TPSA) is 8.88 Å². The first-order valence-electron chi connectivity index (χ1n) is 11.5. The molecule has 0 amide bonds. The molecule has 6 atom stereocenters. The van der Waals surface area contributed by atoms with Gasteiger partial charge in [0.25, 0.3) is 0 Å². The number of piperazine rings is 1. The summed E-state index contributed by atoms with van der Waals surface area (Å²) in [7, 11) is 0. The van der Waals surface area contributed by atoms with E-state index < -0.39 is 0 Å². The van der Waals surface area contributed by atoms with Crippen molar-refractivity contribution in [2.45, 2.75) is 83.7 Å². The lowest BCUT2D eigenvalue weighted by molar-refractivity contribution is -1.04. The second kappa shape index (κ2) is 6.37. The number of rotatable bonds is 3. The van der Waals surface area contributed by atoms with E-state index in [9.17, 15) is 0 Å². The van der Waals surface area contributed by atoms with Crippen molar-refractivity contribution < 1.29 is 9.80 Å². The largest absolute Gasteiger partial charge is 0.323 e. The van der Waals surface area contributed by atoms with E-state index in [1.165, 1.54) is 84.0 Å². The van der Waals surface area contributed by atoms with Crippen LogP contribution < -0.4 is 9.80 Å². The molecule has 0 aromatic rings. The van der Waals surface area contributed by atoms with Crippen molar-refractivity contribution in [3.63, 3.8) is 0 Å². The number of quaternary nitrogens is 2. The zero-order chi connectivity index (χ0) is 17.0. The van der Waals surface area contributed by atoms with E-state index in [4.69, 9.17) is 0 Å². The van der Waals surface area contributed by atoms with E-state index in [1.54, 1.807) is 0 Å². The molecular formula is C23H40N2+2. The summed E-state index contributed by atoms with van der Waals surface area (Å²) in [6, 6.07) is 1.98. The maximum Gasteiger partial charge on any atom is 0.143 e. The average Bonchev–Trinajstić information content (AvgIpc) is 3.11. The van der Waals surface area contributed by atoms with Gasteiger partial charge in [0, 0.05) is 18.8 Å². The third kappa shape index (κ3) is 2.74. The van der Waals surface area contributed by atoms with Gasteiger partial charge in [-0.2, -0.15) is 0 Å². The SMILES string of the molecule is CC1(C)[C@H]2CC=C(C[NH+]3CC[NH+]4CCC[C@@H]4[C@@H]3C3CCCCC3)[C@@H]1C2. The molecule has 2 saturated carbocycles. The van der Waals surface area contributed by atoms with E-state index in [-0.39, 0.29) is 0 Å². The van der Waals surface area contributed by atoms with Crippen LogP contribution in [0.15, 0.2) is 11.6 Å². The molecule has 0 radical (unpaired) electrons. The number of nitrogens with one attached hydrogen (secondary N) is 2. The fourth-order valence-electron chi connectivity index (χ4n) is 7.75. The molecule has 4 fully saturated rings. The lowest BCUT2D eigenvalue weighted by atomic mass is 9.49. The Morgan fingerprint density at radius 1 is 1.00 bits per heavy atom. The van der Waals surface area contributed by atoms with E-state index in [2.05, 4.69) is 19.9 Å². The third-order valence-electron chi connectivity index (χ3n) is 9.38. The minimum absolute atomic E-state index is 0.601. The van der Waals surface area contributed by atoms with Crippen LogP contribution in [0.4, 0.5) is 0 Å². The van der Waals surface area contributed by atoms with Crippen LogP contribution >= 0.6 is 0 Å². The van der Waals surface area contributed by atoms with Crippen LogP contribution in [-0.2, 0) is 0 Å². The Hall–Kier alpha value is -0.340. The van der Waals surface area contributed by atoms with Gasteiger partial charge in [0.05, 0.1) is 13.1 Å². The molecule has 25 heavy (non-hydrogen) atoms. The van der Waals surface area contributed by atoms with Gasteiger partial charge in [-0.15, -0.1) is 0 Å². The van der Waals surface area contributed by atoms with Gasteiger partial charge >= 0.3 is 0 Å². The normalized spacial score (nSPS) is 46.2. The maximum absolute atomic E-state index is 2.68. The summed E-state index contributed by atoms with van der Waals surface area (Å²) in [6.45, 7) is 10.9. The molecule has 0 aromatic heterocycles. The molecule has 2 saturated heterocycles. The van der Waals surface area contributed by atoms with Gasteiger partial charge in [0.1, 0.15) is 25.2 Å². The van der Waals surface area contributed by atoms with Gasteiger partial charge in [-0.25, -0.2) is 0 Å². The highest BCUT2D eigenvalue weighted by molar-refractivity contribution is 5.23. The first kappa shape index (κ1) is 16.8. The fourth-order valence-corrected chi connectivity index (χ4v) is 7.75. The highest BCUT2D eigenvalue weighted by atomic mass is 15.3. The fraction of sp³-hybridized carbons (Fsp3) is 0.913. The molecule has 2 heteroatoms. The number of hydrogen-bond donors (Lipinski definition) is 2. The summed E-state index contributed by atoms with van der Waals surface area (Å²) >= 11 is 0. The standard InChI is InChI=1S/C23H38N2/c1-23(2)19-11-10-18(20(23)15-19)16-25-14-13-24-12-6-9-21(24)22(25)17-7-4-3-5-8-17/h10,17,19-22H,3-9,11-16H2,1-2H3/p+2/t19-,20-,21+,22-/m0/s1. The molecule has 0 aromatic carbocycles. The van der Waals surface area contributed by atoms with Crippen LogP contribution in [0, 0.1) is 23.2 Å². The van der Waals surface area contributed by atoms with Crippen LogP contribution in [0.2, 0.25) is 0 Å². The average molecular weight is 345 g/mol. The molecule has 4 aliphatic carbocycles. The van der Waals surface area contributed by atoms with Gasteiger partial charge in [0.2, 0.25) is 0 Å². The quantitative estimate of drug-likeness (QED) is 0.724. The van der Waals surface area contributed by atoms with Crippen molar-refractivity contribution >= 4 is 0 Å². The second-order valence-electron chi connectivity index (χ2n) is 10.7. The van der Waals surface area contributed by atoms with Crippen LogP contribution in [0.5, 0.6) is 0 Å². The lowest BCUT2D eigenvalue weighted by Crippen LogP contribution is -3.32. The smallest absolute Gasteiger partial charge is 0.143 e. The third-order valence-corrected chi connectivity index (χ3v) is 9.38. The van der Waals surface area contributed by atoms with Crippen molar-refractivity contribution in [3.05, 3.63) is 11.6 Å². The van der Waals surface area contributed by atoms with Crippen LogP contribution in [0.1, 0.15) is 71.6 Å². The summed E-state index contributed by atoms with van der Waals surface area (Å²) in [5.41, 5.74) is 2.47. The summed E-state index contributed by atoms with van der Waals surface area (Å²) in [5, 5.41) is 0. The second-order valence-corrected chi connectivity index (χ2v) is 10.7. The summed E-state index contributed by atoms with van der Waals surface area (Å²) in [6.07, 6.45) is 16.2. The van der Waals surface area contributed by atoms with Crippen molar-refractivity contribution in [2.75, 3.05) is 26.2 Å². The summed E-state index contributed by atoms with van der Waals surface area (Å²) in [5.74, 6) is 2.94. The lowest BCUT2D eigenvalue weighted by Gasteiger charge is -2.57. The van der Waals surface area contributed by atoms with Crippen LogP contribution in [-0.4, -0.2) is 38.3 Å². The van der Waals surface area contributed by atoms with Gasteiger partial charge in [-0.05, 0) is 48.5 Å². The number of fused-ring (bicyclic) bond motifs is 2. The molecule has 0 spiro atoms. The summed E-state index contributed by atoms with van der Waals surface area (Å²) in [4.78, 5) is 4.00. The predicted octanol–water partition coefficient (Wildman–Crippen LogP) is 1.87. The van der Waals surface area contributed by atoms with E-state index in [1.807, 2.05) is 15.4 Å². The Labute approximate surface area is 155 Å². The predicted molar refractivity (Wildman–Crippen MR) is 103 cm³/mol. The van der Waals surface area contributed by atoms with Gasteiger partial charge in [0.15, 0.2) is 0 Å². The van der Waals surface area contributed by atoms with Crippen molar-refractivity contribution in [2.24, 2.45) is 23.2 Å². The molecular weight excluding hydrogens is 304 g/mol. The molecule has 2 bridgehead atoms. The first-order valence-corrected chi connectivity index (χ1v) is 11.5. The van der Waals surface area contributed by atoms with Crippen molar-refractivity contribution in [1.29, 1.82) is 0 Å². The molecule has 140 valence electrons. The maximum atomic E-state index is 2.68. The highest BCUT2D eigenvalue weighted by Crippen LogP contribution is 2.58. The summed E-state index contributed by atoms with van der Waals surface area (Å²) < 4.78 is 0. The molecule has 6 rings (SSSR count). The zero-order valence-electron chi connectivity index (χ0n) is 16.7. The molecule has 2 unspecified atom stereocenters. The number of hydrogen-bond acceptors (Lipinski definition) is 0. The zero-order valence-corrected chi connectivity index (χ0v) is 16.7. The van der Waals surface area contributed by atoms with Crippen molar-refractivity contribution in [3.8, 4) is 0 Å². The van der Waals surface area contributed by atoms with Gasteiger partial charge in [-0.1, -0.05) is 39.2 Å². The van der Waals surface area contributed by atoms with E-state index >= 15 is 0 Å². The Bertz CT molecular complexity index is 530. The monoisotopic (exact) mass is 344 g/mol. The van der Waals surface area contributed by atoms with Crippen LogP contribution in [0.3, 0.4) is 0 Å². The number of allylic oxidation sites excluding steroid dienone is 1.